The third-order valence-corrected chi connectivity index (χ3v) is 3.53. The quantitative estimate of drug-likeness (QED) is 0.603. The van der Waals surface area contributed by atoms with Gasteiger partial charge < -0.3 is 20.5 Å². The fraction of sp³-hybridized carbons (Fsp3) is 0.786. The average Bonchev–Trinajstić information content (AvgIpc) is 2.38. The molecule has 1 heterocycles. The summed E-state index contributed by atoms with van der Waals surface area (Å²) in [5.74, 6) is -1.21. The molecule has 1 aliphatic rings. The molecule has 1 saturated heterocycles. The Morgan fingerprint density at radius 1 is 1.14 bits per heavy atom. The summed E-state index contributed by atoms with van der Waals surface area (Å²) in [5, 5.41) is 14.5. The summed E-state index contributed by atoms with van der Waals surface area (Å²) >= 11 is 0. The summed E-state index contributed by atoms with van der Waals surface area (Å²) in [4.78, 5) is 34.2. The van der Waals surface area contributed by atoms with E-state index in [1.807, 2.05) is 6.92 Å². The van der Waals surface area contributed by atoms with Crippen molar-refractivity contribution in [1.82, 2.24) is 10.6 Å². The minimum absolute atomic E-state index is 0.0726. The van der Waals surface area contributed by atoms with Gasteiger partial charge in [-0.2, -0.15) is 0 Å². The number of hydrogen-bond donors (Lipinski definition) is 3. The third-order valence-electron chi connectivity index (χ3n) is 3.53. The first-order valence-corrected chi connectivity index (χ1v) is 7.35. The van der Waals surface area contributed by atoms with Crippen molar-refractivity contribution in [1.29, 1.82) is 0 Å². The number of ether oxygens (including phenoxy) is 1. The molecule has 1 rings (SSSR count). The molecule has 0 unspecified atom stereocenters. The lowest BCUT2D eigenvalue weighted by Gasteiger charge is -2.36. The molecule has 1 aliphatic heterocycles. The molecule has 21 heavy (non-hydrogen) atoms. The van der Waals surface area contributed by atoms with Crippen molar-refractivity contribution in [2.75, 3.05) is 19.8 Å². The number of nitrogens with one attached hydrogen (secondary N) is 2. The van der Waals surface area contributed by atoms with E-state index in [2.05, 4.69) is 10.6 Å². The van der Waals surface area contributed by atoms with Crippen LogP contribution in [0.1, 0.15) is 45.4 Å². The van der Waals surface area contributed by atoms with Crippen molar-refractivity contribution >= 4 is 17.8 Å². The van der Waals surface area contributed by atoms with Crippen LogP contribution in [0.4, 0.5) is 0 Å². The second-order valence-electron chi connectivity index (χ2n) is 5.32. The molecule has 0 aromatic heterocycles. The molecule has 0 atom stereocenters. The van der Waals surface area contributed by atoms with Crippen LogP contribution in [0.2, 0.25) is 0 Å². The largest absolute Gasteiger partial charge is 0.481 e. The van der Waals surface area contributed by atoms with Gasteiger partial charge in [0.2, 0.25) is 11.8 Å². The van der Waals surface area contributed by atoms with Gasteiger partial charge in [0.15, 0.2) is 0 Å². The molecule has 0 spiro atoms. The molecule has 0 radical (unpaired) electrons. The number of aliphatic carboxylic acids is 1. The van der Waals surface area contributed by atoms with Gasteiger partial charge in [-0.3, -0.25) is 14.4 Å². The molecular weight excluding hydrogens is 276 g/mol. The van der Waals surface area contributed by atoms with Gasteiger partial charge in [0.25, 0.3) is 0 Å². The smallest absolute Gasteiger partial charge is 0.305 e. The maximum absolute atomic E-state index is 12.0. The van der Waals surface area contributed by atoms with Crippen LogP contribution in [0.15, 0.2) is 0 Å². The Kier molecular flexibility index (Phi) is 7.14. The Morgan fingerprint density at radius 3 is 2.33 bits per heavy atom. The minimum atomic E-state index is -0.931. The molecule has 0 aliphatic carbocycles. The van der Waals surface area contributed by atoms with Gasteiger partial charge in [0.05, 0.1) is 12.0 Å². The maximum Gasteiger partial charge on any atom is 0.305 e. The van der Waals surface area contributed by atoms with Gasteiger partial charge in [0.1, 0.15) is 0 Å². The number of hydrogen-bond acceptors (Lipinski definition) is 4. The standard InChI is InChI=1S/C14H24N2O5/c1-2-15-11(17)4-3-5-12(18)16-14(10-13(19)20)6-8-21-9-7-14/h2-10H2,1H3,(H,15,17)(H,16,18)(H,19,20). The maximum atomic E-state index is 12.0. The lowest BCUT2D eigenvalue weighted by Crippen LogP contribution is -2.53. The summed E-state index contributed by atoms with van der Waals surface area (Å²) in [6, 6.07) is 0. The van der Waals surface area contributed by atoms with E-state index < -0.39 is 11.5 Å². The average molecular weight is 300 g/mol. The second-order valence-corrected chi connectivity index (χ2v) is 5.32. The molecule has 0 aromatic rings. The second kappa shape index (κ2) is 8.61. The van der Waals surface area contributed by atoms with Crippen molar-refractivity contribution in [2.24, 2.45) is 0 Å². The van der Waals surface area contributed by atoms with Gasteiger partial charge in [-0.1, -0.05) is 0 Å². The van der Waals surface area contributed by atoms with Gasteiger partial charge in [-0.25, -0.2) is 0 Å². The molecule has 3 N–H and O–H groups in total. The molecule has 0 aromatic carbocycles. The molecular formula is C14H24N2O5. The number of carbonyl (C=O) groups is 3. The highest BCUT2D eigenvalue weighted by atomic mass is 16.5. The summed E-state index contributed by atoms with van der Waals surface area (Å²) < 4.78 is 5.23. The lowest BCUT2D eigenvalue weighted by atomic mass is 9.86. The van der Waals surface area contributed by atoms with E-state index in [0.29, 0.717) is 45.4 Å². The van der Waals surface area contributed by atoms with Crippen molar-refractivity contribution in [3.63, 3.8) is 0 Å². The Balaban J connectivity index is 2.41. The molecule has 120 valence electrons. The van der Waals surface area contributed by atoms with Crippen molar-refractivity contribution < 1.29 is 24.2 Å². The van der Waals surface area contributed by atoms with Crippen LogP contribution in [0, 0.1) is 0 Å². The van der Waals surface area contributed by atoms with Crippen LogP contribution in [-0.4, -0.2) is 48.2 Å². The molecule has 7 nitrogen and oxygen atoms in total. The van der Waals surface area contributed by atoms with Gasteiger partial charge in [0, 0.05) is 32.6 Å². The first-order chi connectivity index (χ1) is 9.97. The molecule has 7 heteroatoms. The van der Waals surface area contributed by atoms with Gasteiger partial charge >= 0.3 is 5.97 Å². The van der Waals surface area contributed by atoms with Crippen LogP contribution in [0.25, 0.3) is 0 Å². The van der Waals surface area contributed by atoms with Crippen LogP contribution in [0.5, 0.6) is 0 Å². The highest BCUT2D eigenvalue weighted by Gasteiger charge is 2.36. The highest BCUT2D eigenvalue weighted by Crippen LogP contribution is 2.24. The third kappa shape index (κ3) is 6.57. The first kappa shape index (κ1) is 17.4. The number of carbonyl (C=O) groups excluding carboxylic acids is 2. The van der Waals surface area contributed by atoms with Crippen LogP contribution in [-0.2, 0) is 19.1 Å². The van der Waals surface area contributed by atoms with Crippen molar-refractivity contribution in [3.8, 4) is 0 Å². The van der Waals surface area contributed by atoms with Crippen LogP contribution >= 0.6 is 0 Å². The Morgan fingerprint density at radius 2 is 1.76 bits per heavy atom. The Bertz CT molecular complexity index is 378. The van der Waals surface area contributed by atoms with Crippen LogP contribution < -0.4 is 10.6 Å². The topological polar surface area (TPSA) is 105 Å². The predicted octanol–water partition coefficient (Wildman–Crippen LogP) is 0.433. The zero-order valence-electron chi connectivity index (χ0n) is 12.4. The van der Waals surface area contributed by atoms with E-state index in [-0.39, 0.29) is 24.7 Å². The number of carboxylic acid groups (broad SMARTS) is 1. The summed E-state index contributed by atoms with van der Waals surface area (Å²) in [6.45, 7) is 3.32. The fourth-order valence-corrected chi connectivity index (χ4v) is 2.45. The van der Waals surface area contributed by atoms with Gasteiger partial charge in [-0.05, 0) is 26.2 Å². The highest BCUT2D eigenvalue weighted by molar-refractivity contribution is 5.80. The number of amides is 2. The number of rotatable bonds is 8. The predicted molar refractivity (Wildman–Crippen MR) is 75.7 cm³/mol. The normalized spacial score (nSPS) is 17.0. The van der Waals surface area contributed by atoms with Crippen molar-refractivity contribution in [2.45, 2.75) is 51.0 Å². The van der Waals surface area contributed by atoms with E-state index in [4.69, 9.17) is 9.84 Å². The zero-order chi connectivity index (χ0) is 15.7. The monoisotopic (exact) mass is 300 g/mol. The summed E-state index contributed by atoms with van der Waals surface area (Å²) in [5.41, 5.74) is -0.715. The molecule has 0 saturated carbocycles. The summed E-state index contributed by atoms with van der Waals surface area (Å²) in [7, 11) is 0. The molecule has 0 bridgehead atoms. The van der Waals surface area contributed by atoms with E-state index in [9.17, 15) is 14.4 Å². The van der Waals surface area contributed by atoms with E-state index in [1.54, 1.807) is 0 Å². The SMILES string of the molecule is CCNC(=O)CCCC(=O)NC1(CC(=O)O)CCOCC1. The van der Waals surface area contributed by atoms with E-state index in [0.717, 1.165) is 0 Å². The summed E-state index contributed by atoms with van der Waals surface area (Å²) in [6.07, 6.45) is 1.88. The number of carboxylic acids is 1. The Hall–Kier alpha value is -1.63. The minimum Gasteiger partial charge on any atom is -0.481 e. The van der Waals surface area contributed by atoms with E-state index in [1.165, 1.54) is 0 Å². The first-order valence-electron chi connectivity index (χ1n) is 7.35. The fourth-order valence-electron chi connectivity index (χ4n) is 2.45. The molecule has 1 fully saturated rings. The van der Waals surface area contributed by atoms with Crippen molar-refractivity contribution in [3.05, 3.63) is 0 Å². The lowest BCUT2D eigenvalue weighted by molar-refractivity contribution is -0.140. The Labute approximate surface area is 124 Å². The van der Waals surface area contributed by atoms with Crippen LogP contribution in [0.3, 0.4) is 0 Å². The van der Waals surface area contributed by atoms with Gasteiger partial charge in [-0.15, -0.1) is 0 Å². The zero-order valence-corrected chi connectivity index (χ0v) is 12.4. The van der Waals surface area contributed by atoms with E-state index >= 15 is 0 Å². The molecule has 2 amide bonds.